The van der Waals surface area contributed by atoms with Crippen molar-refractivity contribution in [1.82, 2.24) is 8.96 Å². The fourth-order valence-corrected chi connectivity index (χ4v) is 5.05. The standard InChI is InChI=1S/C11H14F3N3OS/c12-11(13,14)10-16-8-5-15-6-17(8)19(10)9(18)7-3-1-2-4-7/h5-7,9,18-19H,1-4H2. The molecule has 1 aliphatic heterocycles. The van der Waals surface area contributed by atoms with Gasteiger partial charge in [0.1, 0.15) is 11.8 Å². The maximum absolute atomic E-state index is 13.0. The van der Waals surface area contributed by atoms with Gasteiger partial charge >= 0.3 is 6.18 Å². The van der Waals surface area contributed by atoms with Crippen molar-refractivity contribution in [3.05, 3.63) is 12.5 Å². The van der Waals surface area contributed by atoms with Gasteiger partial charge in [-0.05, 0) is 18.8 Å². The molecule has 0 aromatic carbocycles. The summed E-state index contributed by atoms with van der Waals surface area (Å²) in [5.74, 6) is 0.127. The topological polar surface area (TPSA) is 50.4 Å². The first-order valence-electron chi connectivity index (χ1n) is 6.14. The van der Waals surface area contributed by atoms with Gasteiger partial charge in [-0.15, -0.1) is 0 Å². The highest BCUT2D eigenvalue weighted by Gasteiger charge is 2.47. The van der Waals surface area contributed by atoms with Crippen LogP contribution in [0.4, 0.5) is 19.0 Å². The van der Waals surface area contributed by atoms with Crippen LogP contribution in [0, 0.1) is 5.92 Å². The van der Waals surface area contributed by atoms with Crippen molar-refractivity contribution in [3.8, 4) is 0 Å². The van der Waals surface area contributed by atoms with E-state index in [4.69, 9.17) is 0 Å². The monoisotopic (exact) mass is 293 g/mol. The van der Waals surface area contributed by atoms with Gasteiger partial charge in [0.05, 0.1) is 6.20 Å². The summed E-state index contributed by atoms with van der Waals surface area (Å²) in [6, 6.07) is 0. The lowest BCUT2D eigenvalue weighted by Crippen LogP contribution is -2.30. The number of imidazole rings is 1. The largest absolute Gasteiger partial charge is 0.439 e. The van der Waals surface area contributed by atoms with Crippen LogP contribution in [0.5, 0.6) is 0 Å². The minimum absolute atomic E-state index is 0.0630. The number of rotatable bonds is 2. The van der Waals surface area contributed by atoms with E-state index in [1.807, 2.05) is 0 Å². The van der Waals surface area contributed by atoms with Gasteiger partial charge in [-0.3, -0.25) is 3.97 Å². The highest BCUT2D eigenvalue weighted by Crippen LogP contribution is 2.52. The Morgan fingerprint density at radius 2 is 2.05 bits per heavy atom. The van der Waals surface area contributed by atoms with Crippen LogP contribution in [0.2, 0.25) is 0 Å². The highest BCUT2D eigenvalue weighted by atomic mass is 32.2. The molecule has 1 aromatic heterocycles. The van der Waals surface area contributed by atoms with Crippen LogP contribution in [-0.2, 0) is 0 Å². The average Bonchev–Trinajstić information content (AvgIpc) is 3.03. The predicted molar refractivity (Wildman–Crippen MR) is 67.7 cm³/mol. The third-order valence-corrected chi connectivity index (χ3v) is 6.08. The number of hydrogen-bond donors (Lipinski definition) is 2. The van der Waals surface area contributed by atoms with Gasteiger partial charge in [-0.2, -0.15) is 13.2 Å². The van der Waals surface area contributed by atoms with Crippen molar-refractivity contribution in [2.75, 3.05) is 0 Å². The van der Waals surface area contributed by atoms with Crippen molar-refractivity contribution in [2.45, 2.75) is 37.3 Å². The summed E-state index contributed by atoms with van der Waals surface area (Å²) in [5, 5.41) is 9.50. The van der Waals surface area contributed by atoms with Crippen LogP contribution in [0.25, 0.3) is 0 Å². The average molecular weight is 293 g/mol. The van der Waals surface area contributed by atoms with E-state index in [2.05, 4.69) is 9.98 Å². The van der Waals surface area contributed by atoms with E-state index in [1.54, 1.807) is 0 Å². The van der Waals surface area contributed by atoms with E-state index in [-0.39, 0.29) is 11.7 Å². The molecular formula is C11H14F3N3OS. The molecule has 1 N–H and O–H groups in total. The zero-order valence-corrected chi connectivity index (χ0v) is 10.9. The summed E-state index contributed by atoms with van der Waals surface area (Å²) >= 11 is -1.91. The lowest BCUT2D eigenvalue weighted by molar-refractivity contribution is -0.0556. The van der Waals surface area contributed by atoms with Crippen LogP contribution in [0.3, 0.4) is 0 Å². The minimum Gasteiger partial charge on any atom is -0.382 e. The quantitative estimate of drug-likeness (QED) is 0.824. The second-order valence-electron chi connectivity index (χ2n) is 4.83. The van der Waals surface area contributed by atoms with E-state index < -0.39 is 27.7 Å². The molecule has 19 heavy (non-hydrogen) atoms. The second kappa shape index (κ2) is 4.52. The van der Waals surface area contributed by atoms with Crippen LogP contribution in [0.15, 0.2) is 17.5 Å². The Morgan fingerprint density at radius 3 is 2.68 bits per heavy atom. The summed E-state index contributed by atoms with van der Waals surface area (Å²) in [5.41, 5.74) is -0.992. The molecule has 2 atom stereocenters. The van der Waals surface area contributed by atoms with Gasteiger partial charge in [-0.1, -0.05) is 23.9 Å². The maximum atomic E-state index is 13.0. The Balaban J connectivity index is 1.95. The van der Waals surface area contributed by atoms with Gasteiger partial charge in [0, 0.05) is 0 Å². The number of thiol groups is 1. The third-order valence-electron chi connectivity index (χ3n) is 3.60. The molecule has 0 bridgehead atoms. The maximum Gasteiger partial charge on any atom is 0.439 e. The van der Waals surface area contributed by atoms with Crippen molar-refractivity contribution in [1.29, 1.82) is 0 Å². The molecule has 3 rings (SSSR count). The van der Waals surface area contributed by atoms with Crippen LogP contribution in [0.1, 0.15) is 25.7 Å². The first-order valence-corrected chi connectivity index (χ1v) is 7.50. The number of aliphatic imine (C=N–C) groups is 1. The number of hydrogen-bond acceptors (Lipinski definition) is 3. The van der Waals surface area contributed by atoms with Crippen LogP contribution < -0.4 is 0 Å². The summed E-state index contributed by atoms with van der Waals surface area (Å²) in [4.78, 5) is 7.43. The number of aromatic nitrogens is 2. The van der Waals surface area contributed by atoms with Gasteiger partial charge in [0.15, 0.2) is 10.9 Å². The second-order valence-corrected chi connectivity index (χ2v) is 6.91. The Hall–Kier alpha value is -1.02. The Morgan fingerprint density at radius 1 is 1.37 bits per heavy atom. The molecule has 4 nitrogen and oxygen atoms in total. The molecular weight excluding hydrogens is 279 g/mol. The molecule has 8 heteroatoms. The Kier molecular flexibility index (Phi) is 3.09. The summed E-state index contributed by atoms with van der Waals surface area (Å²) in [6.45, 7) is 0. The molecule has 1 aromatic rings. The third kappa shape index (κ3) is 2.16. The molecule has 2 unspecified atom stereocenters. The molecule has 0 amide bonds. The Labute approximate surface area is 110 Å². The van der Waals surface area contributed by atoms with E-state index >= 15 is 0 Å². The smallest absolute Gasteiger partial charge is 0.382 e. The van der Waals surface area contributed by atoms with Crippen LogP contribution >= 0.6 is 11.1 Å². The lowest BCUT2D eigenvalue weighted by Gasteiger charge is -2.30. The van der Waals surface area contributed by atoms with Crippen molar-refractivity contribution in [3.63, 3.8) is 0 Å². The van der Waals surface area contributed by atoms with E-state index in [0.717, 1.165) is 25.7 Å². The molecule has 0 radical (unpaired) electrons. The van der Waals surface area contributed by atoms with E-state index in [9.17, 15) is 18.3 Å². The fraction of sp³-hybridized carbons (Fsp3) is 0.636. The molecule has 106 valence electrons. The fourth-order valence-electron chi connectivity index (χ4n) is 2.69. The number of aliphatic hydroxyl groups excluding tert-OH is 1. The first-order chi connectivity index (χ1) is 8.98. The van der Waals surface area contributed by atoms with Crippen molar-refractivity contribution in [2.24, 2.45) is 10.9 Å². The van der Waals surface area contributed by atoms with Crippen molar-refractivity contribution >= 4 is 21.9 Å². The first kappa shape index (κ1) is 13.0. The molecule has 2 heterocycles. The number of fused-ring (bicyclic) bond motifs is 1. The van der Waals surface area contributed by atoms with Crippen molar-refractivity contribution < 1.29 is 18.3 Å². The number of halogens is 3. The zero-order chi connectivity index (χ0) is 13.6. The molecule has 1 saturated carbocycles. The SMILES string of the molecule is OC(C1CCCC1)[SH]1C(C(F)(F)F)=Nc2cncn21. The Bertz CT molecular complexity index is 508. The number of nitrogens with zero attached hydrogens (tertiary/aromatic N) is 3. The highest BCUT2D eigenvalue weighted by molar-refractivity contribution is 8.29. The van der Waals surface area contributed by atoms with E-state index in [0.29, 0.717) is 0 Å². The van der Waals surface area contributed by atoms with Gasteiger partial charge in [0.2, 0.25) is 0 Å². The molecule has 0 spiro atoms. The van der Waals surface area contributed by atoms with E-state index in [1.165, 1.54) is 16.5 Å². The molecule has 1 fully saturated rings. The minimum atomic E-state index is -4.50. The van der Waals surface area contributed by atoms with Gasteiger partial charge in [-0.25, -0.2) is 9.98 Å². The molecule has 0 saturated heterocycles. The lowest BCUT2D eigenvalue weighted by atomic mass is 10.1. The molecule has 1 aliphatic carbocycles. The number of aliphatic hydroxyl groups is 1. The number of alkyl halides is 3. The molecule has 2 aliphatic rings. The van der Waals surface area contributed by atoms with Gasteiger partial charge < -0.3 is 5.11 Å². The summed E-state index contributed by atoms with van der Waals surface area (Å²) in [7, 11) is 0. The van der Waals surface area contributed by atoms with Crippen LogP contribution in [-0.4, -0.2) is 30.7 Å². The predicted octanol–water partition coefficient (Wildman–Crippen LogP) is 2.76. The van der Waals surface area contributed by atoms with Gasteiger partial charge in [0.25, 0.3) is 0 Å². The zero-order valence-electron chi connectivity index (χ0n) is 10.0. The normalized spacial score (nSPS) is 27.4. The summed E-state index contributed by atoms with van der Waals surface area (Å²) in [6.07, 6.45) is 1.66. The summed E-state index contributed by atoms with van der Waals surface area (Å²) < 4.78 is 40.5.